The van der Waals surface area contributed by atoms with E-state index < -0.39 is 0 Å². The predicted octanol–water partition coefficient (Wildman–Crippen LogP) is 1.50. The quantitative estimate of drug-likeness (QED) is 0.272. The zero-order valence-corrected chi connectivity index (χ0v) is 6.83. The molecule has 0 heterocycles. The van der Waals surface area contributed by atoms with Gasteiger partial charge in [0.2, 0.25) is 0 Å². The minimum Gasteiger partial charge on any atom is -0.290 e. The lowest BCUT2D eigenvalue weighted by molar-refractivity contribution is 0.429. The molecule has 0 aliphatic rings. The third-order valence-corrected chi connectivity index (χ3v) is 1.64. The molecule has 0 unspecified atom stereocenters. The van der Waals surface area contributed by atoms with Crippen LogP contribution in [0.25, 0.3) is 0 Å². The van der Waals surface area contributed by atoms with E-state index in [4.69, 9.17) is 21.2 Å². The van der Waals surface area contributed by atoms with Crippen LogP contribution in [0.15, 0.2) is 0 Å². The first-order valence-electron chi connectivity index (χ1n) is 2.36. The van der Waals surface area contributed by atoms with Gasteiger partial charge in [0.25, 0.3) is 0 Å². The normalized spacial score (nSPS) is 8.20. The summed E-state index contributed by atoms with van der Waals surface area (Å²) in [5.74, 6) is 4.61. The highest BCUT2D eigenvalue weighted by Gasteiger charge is 1.87. The maximum atomic E-state index is 4.90. The van der Waals surface area contributed by atoms with Gasteiger partial charge in [0.1, 0.15) is 13.2 Å². The summed E-state index contributed by atoms with van der Waals surface area (Å²) in [7, 11) is 0. The molecule has 0 radical (unpaired) electrons. The first kappa shape index (κ1) is 9.74. The van der Waals surface area contributed by atoms with Crippen LogP contribution in [0.4, 0.5) is 0 Å². The molecule has 4 heteroatoms. The zero-order chi connectivity index (χ0) is 7.66. The first-order chi connectivity index (χ1) is 4.91. The predicted molar refractivity (Wildman–Crippen MR) is 44.8 cm³/mol. The van der Waals surface area contributed by atoms with Crippen molar-refractivity contribution in [1.29, 1.82) is 0 Å². The monoisotopic (exact) mass is 174 g/mol. The van der Waals surface area contributed by atoms with E-state index in [9.17, 15) is 0 Å². The lowest BCUT2D eigenvalue weighted by atomic mass is 10.8. The molecule has 10 heavy (non-hydrogen) atoms. The summed E-state index contributed by atoms with van der Waals surface area (Å²) in [5, 5.41) is 0. The van der Waals surface area contributed by atoms with Crippen LogP contribution in [-0.4, -0.2) is 13.2 Å². The Morgan fingerprint density at radius 1 is 1.00 bits per heavy atom. The first-order valence-corrected chi connectivity index (χ1v) is 4.36. The molecule has 0 saturated carbocycles. The molecule has 0 aromatic heterocycles. The van der Waals surface area contributed by atoms with Crippen molar-refractivity contribution >= 4 is 22.1 Å². The molecular weight excluding hydrogens is 168 g/mol. The minimum atomic E-state index is 0.275. The summed E-state index contributed by atoms with van der Waals surface area (Å²) in [5.41, 5.74) is 0. The van der Waals surface area contributed by atoms with E-state index >= 15 is 0 Å². The van der Waals surface area contributed by atoms with E-state index in [0.717, 1.165) is 22.1 Å². The van der Waals surface area contributed by atoms with Crippen molar-refractivity contribution in [2.75, 3.05) is 13.2 Å². The van der Waals surface area contributed by atoms with Crippen molar-refractivity contribution in [2.24, 2.45) is 0 Å². The lowest BCUT2D eigenvalue weighted by Gasteiger charge is -1.94. The van der Waals surface area contributed by atoms with E-state index in [1.165, 1.54) is 0 Å². The second kappa shape index (κ2) is 8.74. The van der Waals surface area contributed by atoms with Gasteiger partial charge in [-0.3, -0.25) is 8.37 Å². The maximum Gasteiger partial charge on any atom is 0.123 e. The average molecular weight is 174 g/mol. The number of terminal acetylenes is 2. The van der Waals surface area contributed by atoms with E-state index in [1.807, 2.05) is 0 Å². The fourth-order valence-corrected chi connectivity index (χ4v) is 0.991. The third kappa shape index (κ3) is 7.74. The van der Waals surface area contributed by atoms with Crippen molar-refractivity contribution in [3.8, 4) is 24.7 Å². The van der Waals surface area contributed by atoms with Crippen molar-refractivity contribution in [3.63, 3.8) is 0 Å². The van der Waals surface area contributed by atoms with Crippen LogP contribution in [0.2, 0.25) is 0 Å². The molecule has 0 spiro atoms. The van der Waals surface area contributed by atoms with Crippen LogP contribution in [0.5, 0.6) is 0 Å². The van der Waals surface area contributed by atoms with Gasteiger partial charge in [-0.1, -0.05) is 11.8 Å². The Bertz CT molecular complexity index is 127. The molecule has 0 aromatic rings. The average Bonchev–Trinajstić information content (AvgIpc) is 1.97. The van der Waals surface area contributed by atoms with Gasteiger partial charge < -0.3 is 0 Å². The van der Waals surface area contributed by atoms with Crippen molar-refractivity contribution in [3.05, 3.63) is 0 Å². The van der Waals surface area contributed by atoms with Crippen molar-refractivity contribution < 1.29 is 8.37 Å². The molecule has 0 aromatic carbocycles. The Morgan fingerprint density at radius 3 is 1.70 bits per heavy atom. The van der Waals surface area contributed by atoms with Gasteiger partial charge in [0.05, 0.1) is 22.1 Å². The van der Waals surface area contributed by atoms with Crippen LogP contribution >= 0.6 is 22.1 Å². The largest absolute Gasteiger partial charge is 0.290 e. The SMILES string of the molecule is C#CCOSSOCC#C. The Kier molecular flexibility index (Phi) is 8.51. The van der Waals surface area contributed by atoms with Crippen LogP contribution in [-0.2, 0) is 8.37 Å². The Hall–Kier alpha value is -0.260. The summed E-state index contributed by atoms with van der Waals surface area (Å²) < 4.78 is 9.56. The van der Waals surface area contributed by atoms with Gasteiger partial charge in [-0.15, -0.1) is 12.8 Å². The van der Waals surface area contributed by atoms with Gasteiger partial charge >= 0.3 is 0 Å². The fourth-order valence-electron chi connectivity index (χ4n) is 0.155. The minimum absolute atomic E-state index is 0.275. The number of rotatable bonds is 5. The summed E-state index contributed by atoms with van der Waals surface area (Å²) in [4.78, 5) is 0. The lowest BCUT2D eigenvalue weighted by Crippen LogP contribution is -1.79. The third-order valence-electron chi connectivity index (χ3n) is 0.409. The molecule has 0 saturated heterocycles. The van der Waals surface area contributed by atoms with Crippen LogP contribution in [0.1, 0.15) is 0 Å². The van der Waals surface area contributed by atoms with Gasteiger partial charge in [0.15, 0.2) is 0 Å². The molecule has 54 valence electrons. The summed E-state index contributed by atoms with van der Waals surface area (Å²) in [6, 6.07) is 0. The molecule has 0 aliphatic heterocycles. The second-order valence-corrected chi connectivity index (χ2v) is 2.63. The van der Waals surface area contributed by atoms with E-state index in [2.05, 4.69) is 11.8 Å². The van der Waals surface area contributed by atoms with Gasteiger partial charge in [-0.05, 0) is 0 Å². The van der Waals surface area contributed by atoms with E-state index in [-0.39, 0.29) is 13.2 Å². The Morgan fingerprint density at radius 2 is 1.40 bits per heavy atom. The van der Waals surface area contributed by atoms with Crippen LogP contribution < -0.4 is 0 Å². The molecule has 0 fully saturated rings. The van der Waals surface area contributed by atoms with Gasteiger partial charge in [-0.2, -0.15) is 0 Å². The Balaban J connectivity index is 2.80. The summed E-state index contributed by atoms with van der Waals surface area (Å²) >= 11 is 2.15. The molecule has 0 N–H and O–H groups in total. The van der Waals surface area contributed by atoms with Crippen LogP contribution in [0.3, 0.4) is 0 Å². The van der Waals surface area contributed by atoms with Crippen molar-refractivity contribution in [1.82, 2.24) is 0 Å². The maximum absolute atomic E-state index is 4.90. The highest BCUT2D eigenvalue weighted by atomic mass is 33.1. The summed E-state index contributed by atoms with van der Waals surface area (Å²) in [6.07, 6.45) is 9.80. The zero-order valence-electron chi connectivity index (χ0n) is 5.20. The fraction of sp³-hybridized carbons (Fsp3) is 0.333. The standard InChI is InChI=1S/C6H6O2S2/c1-3-5-7-9-10-8-6-4-2/h1-2H,5-6H2. The smallest absolute Gasteiger partial charge is 0.123 e. The number of hydrogen-bond acceptors (Lipinski definition) is 4. The molecule has 2 nitrogen and oxygen atoms in total. The highest BCUT2D eigenvalue weighted by Crippen LogP contribution is 2.22. The van der Waals surface area contributed by atoms with E-state index in [1.54, 1.807) is 0 Å². The molecule has 0 atom stereocenters. The summed E-state index contributed by atoms with van der Waals surface area (Å²) in [6.45, 7) is 0.550. The van der Waals surface area contributed by atoms with Crippen LogP contribution in [0, 0.1) is 24.7 Å². The second-order valence-electron chi connectivity index (χ2n) is 1.07. The Labute approximate surface area is 68.9 Å². The molecule has 0 rings (SSSR count). The highest BCUT2D eigenvalue weighted by molar-refractivity contribution is 8.73. The molecule has 0 aliphatic carbocycles. The molecular formula is C6H6O2S2. The van der Waals surface area contributed by atoms with Crippen molar-refractivity contribution in [2.45, 2.75) is 0 Å². The molecule has 0 bridgehead atoms. The molecule has 0 amide bonds. The van der Waals surface area contributed by atoms with E-state index in [0.29, 0.717) is 0 Å². The number of hydrogen-bond donors (Lipinski definition) is 0. The topological polar surface area (TPSA) is 18.5 Å². The van der Waals surface area contributed by atoms with Gasteiger partial charge in [-0.25, -0.2) is 0 Å². The van der Waals surface area contributed by atoms with Gasteiger partial charge in [0, 0.05) is 0 Å².